The zero-order valence-corrected chi connectivity index (χ0v) is 45.7. The fourth-order valence-corrected chi connectivity index (χ4v) is 11.5. The molecule has 4 aliphatic carbocycles. The Bertz CT molecular complexity index is 3020. The summed E-state index contributed by atoms with van der Waals surface area (Å²) >= 11 is 5.71. The van der Waals surface area contributed by atoms with Crippen molar-refractivity contribution in [1.29, 1.82) is 0 Å². The lowest BCUT2D eigenvalue weighted by atomic mass is 9.79. The van der Waals surface area contributed by atoms with Gasteiger partial charge in [-0.1, -0.05) is 0 Å². The van der Waals surface area contributed by atoms with Gasteiger partial charge in [0.1, 0.15) is 11.6 Å². The van der Waals surface area contributed by atoms with Gasteiger partial charge in [-0.3, -0.25) is 0 Å². The molecule has 2 aliphatic heterocycles. The first kappa shape index (κ1) is 54.9. The van der Waals surface area contributed by atoms with Crippen LogP contribution in [-0.2, 0) is 0 Å². The molecule has 0 bridgehead atoms. The van der Waals surface area contributed by atoms with Crippen molar-refractivity contribution in [3.05, 3.63) is 88.0 Å². The number of piperidine rings is 2. The van der Waals surface area contributed by atoms with Crippen LogP contribution in [0.25, 0.3) is 11.4 Å². The monoisotopic (exact) mass is 1090 g/mol. The molecule has 18 nitrogen and oxygen atoms in total. The Morgan fingerprint density at radius 3 is 1.45 bits per heavy atom. The molecule has 6 aromatic rings. The van der Waals surface area contributed by atoms with Gasteiger partial charge in [0.15, 0.2) is 34.9 Å². The molecule has 76 heavy (non-hydrogen) atoms. The van der Waals surface area contributed by atoms with E-state index in [1.165, 1.54) is 0 Å². The molecular weight excluding hydrogens is 1020 g/mol. The predicted octanol–water partition coefficient (Wildman–Crippen LogP) is 10.5. The molecule has 24 heteroatoms. The van der Waals surface area contributed by atoms with E-state index in [1.54, 1.807) is 33.6 Å². The van der Waals surface area contributed by atoms with Crippen LogP contribution < -0.4 is 32.3 Å². The van der Waals surface area contributed by atoms with Gasteiger partial charge in [-0.2, -0.15) is 19.3 Å². The SMILES string of the molecule is CC1(C)CC(Nc2nc(Cl)ncc2F)CC(C)(C)N1.CC1(C)CC(Nc2nc(Nc3cc(-n4nnnc4C4CC4)c(C4CC4)cc3F)ncc2F)CC(C)(C)N1.Cl.Nc1cc(-n2nnnc2C2CC2)c(C2CC2)cc1F. The summed E-state index contributed by atoms with van der Waals surface area (Å²) in [6.07, 6.45) is 14.1. The molecule has 6 aliphatic rings. The Morgan fingerprint density at radius 1 is 0.566 bits per heavy atom. The Balaban J connectivity index is 0.000000152. The molecule has 2 aromatic carbocycles. The van der Waals surface area contributed by atoms with Crippen LogP contribution >= 0.6 is 24.0 Å². The highest BCUT2D eigenvalue weighted by Crippen LogP contribution is 2.47. The van der Waals surface area contributed by atoms with Crippen molar-refractivity contribution >= 4 is 53.0 Å². The van der Waals surface area contributed by atoms with E-state index in [1.807, 2.05) is 0 Å². The number of hydrogen-bond acceptors (Lipinski definition) is 16. The topological polar surface area (TPSA) is 225 Å². The van der Waals surface area contributed by atoms with Gasteiger partial charge >= 0.3 is 0 Å². The maximum absolute atomic E-state index is 15.3. The van der Waals surface area contributed by atoms with Crippen molar-refractivity contribution in [3.8, 4) is 11.4 Å². The van der Waals surface area contributed by atoms with E-state index in [0.717, 1.165) is 124 Å². The molecule has 2 saturated heterocycles. The zero-order valence-electron chi connectivity index (χ0n) is 44.2. The number of anilines is 5. The average Bonchev–Trinajstić information content (AvgIpc) is 4.08. The third kappa shape index (κ3) is 13.3. The molecule has 0 radical (unpaired) electrons. The number of nitrogens with one attached hydrogen (secondary N) is 5. The second-order valence-electron chi connectivity index (χ2n) is 24.0. The average molecular weight is 1090 g/mol. The normalized spacial score (nSPS) is 20.5. The lowest BCUT2D eigenvalue weighted by Crippen LogP contribution is -2.60. The lowest BCUT2D eigenvalue weighted by Gasteiger charge is -2.46. The van der Waals surface area contributed by atoms with Crippen molar-refractivity contribution in [3.63, 3.8) is 0 Å². The van der Waals surface area contributed by atoms with Gasteiger partial charge in [0.2, 0.25) is 11.2 Å². The fourth-order valence-electron chi connectivity index (χ4n) is 11.3. The Labute approximate surface area is 451 Å². The first-order chi connectivity index (χ1) is 35.5. The first-order valence-corrected chi connectivity index (χ1v) is 26.4. The Morgan fingerprint density at radius 2 is 0.987 bits per heavy atom. The van der Waals surface area contributed by atoms with Crippen LogP contribution in [-0.4, -0.2) is 94.6 Å². The highest BCUT2D eigenvalue weighted by atomic mass is 35.5. The number of nitrogens with zero attached hydrogens (tertiary/aromatic N) is 12. The highest BCUT2D eigenvalue weighted by molar-refractivity contribution is 6.28. The molecule has 4 saturated carbocycles. The van der Waals surface area contributed by atoms with Gasteiger partial charge in [0.25, 0.3) is 0 Å². The van der Waals surface area contributed by atoms with Crippen LogP contribution in [0.15, 0.2) is 36.7 Å². The third-order valence-electron chi connectivity index (χ3n) is 14.4. The van der Waals surface area contributed by atoms with Crippen LogP contribution in [0.3, 0.4) is 0 Å². The van der Waals surface area contributed by atoms with Gasteiger partial charge in [-0.05, 0) is 212 Å². The molecule has 12 rings (SSSR count). The van der Waals surface area contributed by atoms with E-state index >= 15 is 4.39 Å². The highest BCUT2D eigenvalue weighted by Gasteiger charge is 2.40. The molecule has 6 heterocycles. The van der Waals surface area contributed by atoms with Crippen molar-refractivity contribution in [1.82, 2.24) is 71.0 Å². The van der Waals surface area contributed by atoms with Gasteiger partial charge in [-0.25, -0.2) is 27.5 Å². The molecule has 7 N–H and O–H groups in total. The number of hydrogen-bond donors (Lipinski definition) is 6. The minimum atomic E-state index is -0.548. The number of rotatable bonds is 12. The second-order valence-corrected chi connectivity index (χ2v) is 24.3. The lowest BCUT2D eigenvalue weighted by molar-refractivity contribution is 0.170. The van der Waals surface area contributed by atoms with Crippen LogP contribution in [0.1, 0.15) is 179 Å². The van der Waals surface area contributed by atoms with E-state index in [9.17, 15) is 13.2 Å². The number of aromatic nitrogens is 12. The smallest absolute Gasteiger partial charge is 0.229 e. The van der Waals surface area contributed by atoms with E-state index in [-0.39, 0.29) is 86.7 Å². The zero-order chi connectivity index (χ0) is 53.2. The van der Waals surface area contributed by atoms with E-state index in [0.29, 0.717) is 23.7 Å². The molecule has 0 unspecified atom stereocenters. The predicted molar refractivity (Wildman–Crippen MR) is 286 cm³/mol. The van der Waals surface area contributed by atoms with Crippen LogP contribution in [0, 0.1) is 23.3 Å². The van der Waals surface area contributed by atoms with E-state index < -0.39 is 17.5 Å². The molecule has 0 spiro atoms. The number of halogens is 6. The summed E-state index contributed by atoms with van der Waals surface area (Å²) in [5.74, 6) is 1.75. The Kier molecular flexibility index (Phi) is 15.3. The van der Waals surface area contributed by atoms with Crippen molar-refractivity contribution in [2.45, 2.75) is 190 Å². The summed E-state index contributed by atoms with van der Waals surface area (Å²) in [7, 11) is 0. The molecule has 4 aromatic heterocycles. The minimum absolute atomic E-state index is 0. The summed E-state index contributed by atoms with van der Waals surface area (Å²) in [4.78, 5) is 16.0. The fraction of sp³-hybridized carbons (Fsp3) is 0.577. The summed E-state index contributed by atoms with van der Waals surface area (Å²) in [6, 6.07) is 6.63. The molecule has 6 fully saturated rings. The van der Waals surface area contributed by atoms with Crippen LogP contribution in [0.5, 0.6) is 0 Å². The largest absolute Gasteiger partial charge is 0.396 e. The third-order valence-corrected chi connectivity index (χ3v) is 14.6. The van der Waals surface area contributed by atoms with Crippen LogP contribution in [0.4, 0.5) is 46.5 Å². The minimum Gasteiger partial charge on any atom is -0.396 e. The maximum atomic E-state index is 15.3. The molecule has 0 atom stereocenters. The summed E-state index contributed by atoms with van der Waals surface area (Å²) in [6.45, 7) is 17.1. The molecular formula is C52H68Cl2F4N18. The second kappa shape index (κ2) is 21.2. The van der Waals surface area contributed by atoms with Gasteiger partial charge in [-0.15, -0.1) is 22.6 Å². The number of benzene rings is 2. The molecule has 0 amide bonds. The van der Waals surface area contributed by atoms with Gasteiger partial charge < -0.3 is 32.3 Å². The quantitative estimate of drug-likeness (QED) is 0.0381. The van der Waals surface area contributed by atoms with Crippen LogP contribution in [0.2, 0.25) is 5.28 Å². The summed E-state index contributed by atoms with van der Waals surface area (Å²) < 4.78 is 60.8. The van der Waals surface area contributed by atoms with Gasteiger partial charge in [0, 0.05) is 46.1 Å². The number of nitrogens with two attached hydrogens (primary N) is 1. The standard InChI is InChI=1S/C26H33F2N9.C13H20ClFN4.C13H14FN5.ClH/c1-25(2)11-16(12-26(3,4)34-25)30-22-19(28)13-29-24(32-22)31-20-10-21(17(9-18(20)27)14-5-6-14)37-23(15-7-8-15)33-35-36-37;1-12(2)5-8(6-13(3,4)19-12)17-10-9(15)7-16-11(14)18-10;14-10-5-9(7-1-2-7)12(6-11(10)15)19-13(8-3-4-8)16-17-18-19;/h9-10,13-16,34H,5-8,11-12H2,1-4H3,(H2,29,30,31,32);7-8,19H,5-6H2,1-4H3,(H,16,17,18);5-8H,1-4,15H2;1H. The summed E-state index contributed by atoms with van der Waals surface area (Å²) in [5.41, 5.74) is 9.29. The number of tetrazole rings is 2. The van der Waals surface area contributed by atoms with Crippen molar-refractivity contribution < 1.29 is 17.6 Å². The number of nitrogen functional groups attached to an aromatic ring is 1. The maximum Gasteiger partial charge on any atom is 0.229 e. The first-order valence-electron chi connectivity index (χ1n) is 26.1. The van der Waals surface area contributed by atoms with Crippen molar-refractivity contribution in [2.75, 3.05) is 21.7 Å². The summed E-state index contributed by atoms with van der Waals surface area (Å²) in [5, 5.41) is 40.9. The van der Waals surface area contributed by atoms with Gasteiger partial charge in [0.05, 0.1) is 35.1 Å². The van der Waals surface area contributed by atoms with E-state index in [2.05, 4.69) is 133 Å². The molecule has 408 valence electrons. The Hall–Kier alpha value is -5.84. The van der Waals surface area contributed by atoms with E-state index in [4.69, 9.17) is 17.3 Å². The van der Waals surface area contributed by atoms with Crippen molar-refractivity contribution in [2.24, 2.45) is 0 Å².